The predicted molar refractivity (Wildman–Crippen MR) is 123 cm³/mol. The highest BCUT2D eigenvalue weighted by Crippen LogP contribution is 2.25. The van der Waals surface area contributed by atoms with E-state index in [9.17, 15) is 4.79 Å². The van der Waals surface area contributed by atoms with Gasteiger partial charge < -0.3 is 10.6 Å². The van der Waals surface area contributed by atoms with Gasteiger partial charge in [-0.25, -0.2) is 4.98 Å². The zero-order chi connectivity index (χ0) is 21.6. The number of terminal acetylenes is 1. The number of hydrogen-bond acceptors (Lipinski definition) is 4. The van der Waals surface area contributed by atoms with Crippen molar-refractivity contribution in [2.24, 2.45) is 0 Å². The molecule has 2 aromatic carbocycles. The highest BCUT2D eigenvalue weighted by molar-refractivity contribution is 6.03. The highest BCUT2D eigenvalue weighted by atomic mass is 16.1. The largest absolute Gasteiger partial charge is 0.323 e. The van der Waals surface area contributed by atoms with Gasteiger partial charge in [0, 0.05) is 23.0 Å². The van der Waals surface area contributed by atoms with Gasteiger partial charge in [-0.15, -0.1) is 6.42 Å². The number of pyridine rings is 1. The smallest absolute Gasteiger partial charge is 0.300 e. The second-order valence-electron chi connectivity index (χ2n) is 7.15. The van der Waals surface area contributed by atoms with Gasteiger partial charge >= 0.3 is 0 Å². The molecule has 0 unspecified atom stereocenters. The Morgan fingerprint density at radius 1 is 1.00 bits per heavy atom. The summed E-state index contributed by atoms with van der Waals surface area (Å²) >= 11 is 0. The summed E-state index contributed by atoms with van der Waals surface area (Å²) in [5.41, 5.74) is 5.68. The lowest BCUT2D eigenvalue weighted by Gasteiger charge is -2.11. The molecule has 6 heteroatoms. The molecule has 0 saturated heterocycles. The summed E-state index contributed by atoms with van der Waals surface area (Å²) in [5.74, 6) is 2.98. The number of benzene rings is 2. The zero-order valence-corrected chi connectivity index (χ0v) is 17.0. The number of rotatable bonds is 6. The van der Waals surface area contributed by atoms with Crippen molar-refractivity contribution in [3.05, 3.63) is 89.6 Å². The Hall–Kier alpha value is -4.37. The fourth-order valence-corrected chi connectivity index (χ4v) is 3.24. The molecule has 4 aromatic rings. The van der Waals surface area contributed by atoms with Crippen molar-refractivity contribution in [2.75, 3.05) is 10.6 Å². The van der Waals surface area contributed by atoms with Crippen LogP contribution >= 0.6 is 0 Å². The lowest BCUT2D eigenvalue weighted by Crippen LogP contribution is -2.07. The summed E-state index contributed by atoms with van der Waals surface area (Å²) in [6.45, 7) is 1.95. The Balaban J connectivity index is 1.66. The van der Waals surface area contributed by atoms with E-state index >= 15 is 0 Å². The van der Waals surface area contributed by atoms with E-state index in [-0.39, 0.29) is 0 Å². The summed E-state index contributed by atoms with van der Waals surface area (Å²) in [7, 11) is 0. The molecule has 0 radical (unpaired) electrons. The maximum Gasteiger partial charge on any atom is 0.300 e. The molecule has 0 aliphatic carbocycles. The van der Waals surface area contributed by atoms with Crippen molar-refractivity contribution in [2.45, 2.75) is 13.3 Å². The normalized spacial score (nSPS) is 10.3. The first-order chi connectivity index (χ1) is 15.1. The van der Waals surface area contributed by atoms with Crippen LogP contribution in [0, 0.1) is 19.3 Å². The molecule has 3 N–H and O–H groups in total. The fraction of sp³-hybridized carbons (Fsp3) is 0.0800. The summed E-state index contributed by atoms with van der Waals surface area (Å²) in [4.78, 5) is 16.2. The van der Waals surface area contributed by atoms with Crippen molar-refractivity contribution < 1.29 is 4.79 Å². The second-order valence-corrected chi connectivity index (χ2v) is 7.15. The number of nitrogens with zero attached hydrogens (tertiary/aromatic N) is 2. The topological polar surface area (TPSA) is 82.7 Å². The Bertz CT molecular complexity index is 1240. The molecule has 4 rings (SSSR count). The van der Waals surface area contributed by atoms with Crippen LogP contribution in [0.3, 0.4) is 0 Å². The first-order valence-corrected chi connectivity index (χ1v) is 9.81. The van der Waals surface area contributed by atoms with E-state index in [1.165, 1.54) is 5.56 Å². The first-order valence-electron chi connectivity index (χ1n) is 9.81. The van der Waals surface area contributed by atoms with Crippen LogP contribution in [-0.2, 0) is 11.2 Å². The summed E-state index contributed by atoms with van der Waals surface area (Å²) in [5, 5.41) is 13.1. The number of nitrogens with one attached hydrogen (secondary N) is 3. The molecule has 0 aliphatic rings. The van der Waals surface area contributed by atoms with E-state index in [2.05, 4.69) is 39.0 Å². The summed E-state index contributed by atoms with van der Waals surface area (Å²) < 4.78 is 0. The minimum atomic E-state index is -0.475. The molecule has 0 atom stereocenters. The minimum Gasteiger partial charge on any atom is -0.323 e. The van der Waals surface area contributed by atoms with Crippen molar-refractivity contribution in [3.63, 3.8) is 0 Å². The number of aryl methyl sites for hydroxylation is 1. The Morgan fingerprint density at radius 2 is 1.77 bits per heavy atom. The van der Waals surface area contributed by atoms with Gasteiger partial charge in [0.1, 0.15) is 5.82 Å². The molecule has 2 aromatic heterocycles. The van der Waals surface area contributed by atoms with E-state index in [4.69, 9.17) is 11.4 Å². The standard InChI is InChI=1S/C25H21N5O/c1-3-25(31)26-21-11-9-20(10-12-21)22-15-19(14-18-7-5-4-6-8-18)16-23(27-22)28-24-13-17(2)29-30-24/h1,4-13,15-16H,14H2,2H3,(H,26,31)(H2,27,28,29,30). The molecule has 152 valence electrons. The number of anilines is 3. The van der Waals surface area contributed by atoms with Crippen molar-refractivity contribution in [3.8, 4) is 23.6 Å². The van der Waals surface area contributed by atoms with Gasteiger partial charge in [-0.2, -0.15) is 5.10 Å². The molecule has 6 nitrogen and oxygen atoms in total. The molecular weight excluding hydrogens is 386 g/mol. The van der Waals surface area contributed by atoms with Crippen LogP contribution in [0.5, 0.6) is 0 Å². The molecule has 0 aliphatic heterocycles. The monoisotopic (exact) mass is 407 g/mol. The molecule has 0 saturated carbocycles. The molecule has 2 heterocycles. The quantitative estimate of drug-likeness (QED) is 0.405. The summed E-state index contributed by atoms with van der Waals surface area (Å²) in [6, 6.07) is 23.7. The van der Waals surface area contributed by atoms with E-state index in [1.54, 1.807) is 12.1 Å². The van der Waals surface area contributed by atoms with Crippen molar-refractivity contribution >= 4 is 23.2 Å². The SMILES string of the molecule is C#CC(=O)Nc1ccc(-c2cc(Cc3ccccc3)cc(Nc3cc(C)[nH]n3)n2)cc1. The predicted octanol–water partition coefficient (Wildman–Crippen LogP) is 4.69. The van der Waals surface area contributed by atoms with E-state index < -0.39 is 5.91 Å². The number of aromatic amines is 1. The van der Waals surface area contributed by atoms with Gasteiger partial charge in [-0.1, -0.05) is 42.5 Å². The number of aromatic nitrogens is 3. The van der Waals surface area contributed by atoms with Crippen LogP contribution in [-0.4, -0.2) is 21.1 Å². The number of H-pyrrole nitrogens is 1. The van der Waals surface area contributed by atoms with Crippen LogP contribution in [0.4, 0.5) is 17.3 Å². The molecule has 0 spiro atoms. The third kappa shape index (κ3) is 5.17. The van der Waals surface area contributed by atoms with Crippen LogP contribution in [0.2, 0.25) is 0 Å². The second kappa shape index (κ2) is 8.97. The van der Waals surface area contributed by atoms with Crippen molar-refractivity contribution in [1.29, 1.82) is 0 Å². The van der Waals surface area contributed by atoms with Gasteiger partial charge in [0.2, 0.25) is 0 Å². The molecular formula is C25H21N5O. The van der Waals surface area contributed by atoms with E-state index in [1.807, 2.05) is 55.3 Å². The van der Waals surface area contributed by atoms with E-state index in [0.717, 1.165) is 28.9 Å². The van der Waals surface area contributed by atoms with E-state index in [0.29, 0.717) is 17.3 Å². The maximum atomic E-state index is 11.4. The van der Waals surface area contributed by atoms with Gasteiger partial charge in [0.15, 0.2) is 5.82 Å². The number of amides is 1. The highest BCUT2D eigenvalue weighted by Gasteiger charge is 2.09. The first kappa shape index (κ1) is 19.9. The lowest BCUT2D eigenvalue weighted by atomic mass is 10.0. The number of carbonyl (C=O) groups excluding carboxylic acids is 1. The molecule has 1 amide bonds. The Kier molecular flexibility index (Phi) is 5.77. The fourth-order valence-electron chi connectivity index (χ4n) is 3.24. The Labute approximate surface area is 180 Å². The van der Waals surface area contributed by atoms with Crippen LogP contribution in [0.1, 0.15) is 16.8 Å². The van der Waals surface area contributed by atoms with Crippen LogP contribution in [0.15, 0.2) is 72.8 Å². The Morgan fingerprint density at radius 3 is 2.45 bits per heavy atom. The van der Waals surface area contributed by atoms with Gasteiger partial charge in [0.05, 0.1) is 5.69 Å². The molecule has 0 fully saturated rings. The lowest BCUT2D eigenvalue weighted by molar-refractivity contribution is -0.111. The van der Waals surface area contributed by atoms with Crippen LogP contribution < -0.4 is 10.6 Å². The average Bonchev–Trinajstić information content (AvgIpc) is 3.19. The minimum absolute atomic E-state index is 0.475. The third-order valence-electron chi connectivity index (χ3n) is 4.67. The molecule has 31 heavy (non-hydrogen) atoms. The van der Waals surface area contributed by atoms with Gasteiger partial charge in [-0.05, 0) is 54.7 Å². The molecule has 0 bridgehead atoms. The zero-order valence-electron chi connectivity index (χ0n) is 17.0. The van der Waals surface area contributed by atoms with Crippen LogP contribution in [0.25, 0.3) is 11.3 Å². The van der Waals surface area contributed by atoms with Crippen molar-refractivity contribution in [1.82, 2.24) is 15.2 Å². The average molecular weight is 407 g/mol. The summed E-state index contributed by atoms with van der Waals surface area (Å²) in [6.07, 6.45) is 5.89. The third-order valence-corrected chi connectivity index (χ3v) is 4.67. The number of hydrogen-bond donors (Lipinski definition) is 3. The van der Waals surface area contributed by atoms with Gasteiger partial charge in [0.25, 0.3) is 5.91 Å². The maximum absolute atomic E-state index is 11.4. The van der Waals surface area contributed by atoms with Gasteiger partial charge in [-0.3, -0.25) is 9.89 Å². The number of carbonyl (C=O) groups is 1.